The maximum atomic E-state index is 13.4. The molecule has 0 saturated heterocycles. The number of fused-ring (bicyclic) bond motifs is 1. The number of hydroxylamine groups is 1. The Morgan fingerprint density at radius 1 is 1.15 bits per heavy atom. The van der Waals surface area contributed by atoms with Gasteiger partial charge in [-0.3, -0.25) is 14.4 Å². The molecule has 4 aromatic heterocycles. The Bertz CT molecular complexity index is 1410. The number of carbonyl (C=O) groups excluding carboxylic acids is 2. The number of hydrogen-bond donors (Lipinski definition) is 2. The summed E-state index contributed by atoms with van der Waals surface area (Å²) in [4.78, 5) is 34.5. The first-order valence-corrected chi connectivity index (χ1v) is 9.89. The van der Waals surface area contributed by atoms with Crippen molar-refractivity contribution >= 4 is 34.6 Å². The molecule has 4 heterocycles. The molecule has 0 radical (unpaired) electrons. The summed E-state index contributed by atoms with van der Waals surface area (Å²) in [5, 5.41) is 10.0. The van der Waals surface area contributed by atoms with Crippen LogP contribution in [0.5, 0.6) is 0 Å². The van der Waals surface area contributed by atoms with E-state index in [-0.39, 0.29) is 22.2 Å². The molecular weight excluding hydrogens is 479 g/mol. The van der Waals surface area contributed by atoms with Gasteiger partial charge in [0, 0.05) is 12.3 Å². The van der Waals surface area contributed by atoms with E-state index in [4.69, 9.17) is 11.6 Å². The second kappa shape index (κ2) is 8.76. The van der Waals surface area contributed by atoms with Gasteiger partial charge in [-0.2, -0.15) is 23.4 Å². The lowest BCUT2D eigenvalue weighted by Crippen LogP contribution is -2.28. The van der Waals surface area contributed by atoms with Gasteiger partial charge in [-0.1, -0.05) is 11.6 Å². The Hall–Kier alpha value is -3.97. The summed E-state index contributed by atoms with van der Waals surface area (Å²) in [6.45, 7) is 1.61. The highest BCUT2D eigenvalue weighted by Gasteiger charge is 2.37. The topological polar surface area (TPSA) is 115 Å². The van der Waals surface area contributed by atoms with Crippen LogP contribution in [0.25, 0.3) is 11.3 Å². The minimum absolute atomic E-state index is 0.00387. The molecule has 0 unspecified atom stereocenters. The first kappa shape index (κ1) is 23.2. The van der Waals surface area contributed by atoms with Crippen molar-refractivity contribution in [3.63, 3.8) is 0 Å². The lowest BCUT2D eigenvalue weighted by Gasteiger charge is -2.15. The minimum atomic E-state index is -4.84. The highest BCUT2D eigenvalue weighted by atomic mass is 35.5. The van der Waals surface area contributed by atoms with Gasteiger partial charge < -0.3 is 5.32 Å². The summed E-state index contributed by atoms with van der Waals surface area (Å²) in [6.07, 6.45) is -2.10. The first-order valence-electron chi connectivity index (χ1n) is 9.52. The van der Waals surface area contributed by atoms with Gasteiger partial charge in [0.05, 0.1) is 29.5 Å². The van der Waals surface area contributed by atoms with E-state index in [1.54, 1.807) is 19.1 Å². The van der Waals surface area contributed by atoms with E-state index < -0.39 is 29.4 Å². The normalized spacial score (nSPS) is 11.6. The Kier molecular flexibility index (Phi) is 5.98. The van der Waals surface area contributed by atoms with Crippen LogP contribution in [0.2, 0.25) is 5.02 Å². The smallest absolute Gasteiger partial charge is 0.318 e. The molecular formula is C20H15ClF3N7O3. The molecule has 0 atom stereocenters. The van der Waals surface area contributed by atoms with Gasteiger partial charge in [0.2, 0.25) is 0 Å². The fourth-order valence-electron chi connectivity index (χ4n) is 3.26. The molecule has 2 amide bonds. The van der Waals surface area contributed by atoms with Crippen LogP contribution in [0.1, 0.15) is 32.2 Å². The summed E-state index contributed by atoms with van der Waals surface area (Å²) in [7, 11) is 1.22. The van der Waals surface area contributed by atoms with Gasteiger partial charge in [-0.15, -0.1) is 0 Å². The summed E-state index contributed by atoms with van der Waals surface area (Å²) in [5.74, 6) is -1.92. The highest BCUT2D eigenvalue weighted by Crippen LogP contribution is 2.31. The number of rotatable bonds is 5. The molecule has 14 heteroatoms. The molecule has 0 aliphatic rings. The molecule has 176 valence electrons. The van der Waals surface area contributed by atoms with Gasteiger partial charge in [0.1, 0.15) is 5.69 Å². The van der Waals surface area contributed by atoms with Crippen LogP contribution >= 0.6 is 11.6 Å². The quantitative estimate of drug-likeness (QED) is 0.411. The van der Waals surface area contributed by atoms with Crippen molar-refractivity contribution in [2.45, 2.75) is 13.1 Å². The summed E-state index contributed by atoms with van der Waals surface area (Å²) in [6, 6.07) is 6.71. The predicted octanol–water partition coefficient (Wildman–Crippen LogP) is 3.44. The lowest BCUT2D eigenvalue weighted by atomic mass is 10.1. The second-order valence-corrected chi connectivity index (χ2v) is 7.35. The van der Waals surface area contributed by atoms with E-state index in [1.165, 1.54) is 36.2 Å². The number of pyridine rings is 2. The molecule has 34 heavy (non-hydrogen) atoms. The Labute approximate surface area is 194 Å². The van der Waals surface area contributed by atoms with Crippen LogP contribution in [0.4, 0.5) is 18.9 Å². The van der Waals surface area contributed by atoms with E-state index in [1.807, 2.05) is 0 Å². The van der Waals surface area contributed by atoms with Gasteiger partial charge in [-0.25, -0.2) is 19.7 Å². The molecule has 0 aliphatic carbocycles. The number of alkyl halides is 3. The molecule has 0 aromatic carbocycles. The second-order valence-electron chi connectivity index (χ2n) is 6.94. The Morgan fingerprint density at radius 2 is 1.91 bits per heavy atom. The SMILES string of the molecule is CONC(=O)c1c(NC(=O)c2cc(C(F)(F)F)nn2-c2ncccc2Cl)c(C)cc2ccnn12. The Balaban J connectivity index is 1.85. The Morgan fingerprint density at radius 3 is 2.59 bits per heavy atom. The number of anilines is 1. The average molecular weight is 494 g/mol. The van der Waals surface area contributed by atoms with Crippen LogP contribution in [-0.4, -0.2) is 43.3 Å². The summed E-state index contributed by atoms with van der Waals surface area (Å²) < 4.78 is 42.2. The van der Waals surface area contributed by atoms with Crippen LogP contribution in [0, 0.1) is 6.92 Å². The number of aromatic nitrogens is 5. The van der Waals surface area contributed by atoms with E-state index in [0.717, 1.165) is 0 Å². The zero-order valence-electron chi connectivity index (χ0n) is 17.5. The molecule has 0 spiro atoms. The van der Waals surface area contributed by atoms with Crippen molar-refractivity contribution in [3.05, 3.63) is 70.4 Å². The van der Waals surface area contributed by atoms with Crippen LogP contribution < -0.4 is 10.8 Å². The fraction of sp³-hybridized carbons (Fsp3) is 0.150. The molecule has 4 rings (SSSR count). The van der Waals surface area contributed by atoms with Crippen molar-refractivity contribution in [2.75, 3.05) is 12.4 Å². The molecule has 0 aliphatic heterocycles. The third-order valence-corrected chi connectivity index (χ3v) is 4.99. The number of hydrogen-bond acceptors (Lipinski definition) is 6. The molecule has 0 bridgehead atoms. The fourth-order valence-corrected chi connectivity index (χ4v) is 3.46. The molecule has 4 aromatic rings. The van der Waals surface area contributed by atoms with E-state index in [2.05, 4.69) is 30.8 Å². The number of halogens is 4. The molecule has 10 nitrogen and oxygen atoms in total. The monoisotopic (exact) mass is 493 g/mol. The number of amides is 2. The maximum absolute atomic E-state index is 13.4. The highest BCUT2D eigenvalue weighted by molar-refractivity contribution is 6.32. The average Bonchev–Trinajstić information content (AvgIpc) is 3.41. The van der Waals surface area contributed by atoms with Gasteiger partial charge in [0.25, 0.3) is 11.8 Å². The van der Waals surface area contributed by atoms with Crippen LogP contribution in [0.15, 0.2) is 42.7 Å². The number of carbonyl (C=O) groups is 2. The zero-order chi connectivity index (χ0) is 24.6. The molecule has 0 fully saturated rings. The zero-order valence-corrected chi connectivity index (χ0v) is 18.3. The van der Waals surface area contributed by atoms with Crippen molar-refractivity contribution < 1.29 is 27.6 Å². The van der Waals surface area contributed by atoms with E-state index in [9.17, 15) is 22.8 Å². The summed E-state index contributed by atoms with van der Waals surface area (Å²) in [5.41, 5.74) is 1.21. The first-order chi connectivity index (χ1) is 16.1. The van der Waals surface area contributed by atoms with Crippen LogP contribution in [0.3, 0.4) is 0 Å². The maximum Gasteiger partial charge on any atom is 0.435 e. The number of nitrogens with zero attached hydrogens (tertiary/aromatic N) is 5. The van der Waals surface area contributed by atoms with Gasteiger partial charge in [0.15, 0.2) is 17.2 Å². The van der Waals surface area contributed by atoms with Gasteiger partial charge >= 0.3 is 6.18 Å². The van der Waals surface area contributed by atoms with Crippen molar-refractivity contribution in [3.8, 4) is 5.82 Å². The summed E-state index contributed by atoms with van der Waals surface area (Å²) >= 11 is 6.08. The van der Waals surface area contributed by atoms with Crippen molar-refractivity contribution in [2.24, 2.45) is 0 Å². The number of aryl methyl sites for hydroxylation is 1. The van der Waals surface area contributed by atoms with E-state index in [0.29, 0.717) is 21.8 Å². The third-order valence-electron chi connectivity index (χ3n) is 4.70. The largest absolute Gasteiger partial charge is 0.435 e. The van der Waals surface area contributed by atoms with Crippen molar-refractivity contribution in [1.29, 1.82) is 0 Å². The minimum Gasteiger partial charge on any atom is -0.318 e. The predicted molar refractivity (Wildman–Crippen MR) is 114 cm³/mol. The van der Waals surface area contributed by atoms with Crippen molar-refractivity contribution in [1.82, 2.24) is 29.9 Å². The molecule has 2 N–H and O–H groups in total. The standard InChI is InChI=1S/C20H15ClF3N7O3/c1-10-8-11-5-7-26-30(11)16(19(33)29-34-2)15(10)27-18(32)13-9-14(20(22,23)24)28-31(13)17-12(21)4-3-6-25-17/h3-9H,1-2H3,(H,27,32)(H,29,33). The van der Waals surface area contributed by atoms with Crippen LogP contribution in [-0.2, 0) is 11.0 Å². The lowest BCUT2D eigenvalue weighted by molar-refractivity contribution is -0.141. The molecule has 0 saturated carbocycles. The number of nitrogens with one attached hydrogen (secondary N) is 2. The van der Waals surface area contributed by atoms with Gasteiger partial charge in [-0.05, 0) is 36.8 Å². The van der Waals surface area contributed by atoms with E-state index >= 15 is 0 Å². The third kappa shape index (κ3) is 4.18.